The van der Waals surface area contributed by atoms with Crippen LogP contribution in [0.3, 0.4) is 0 Å². The Morgan fingerprint density at radius 3 is 2.43 bits per heavy atom. The fraction of sp³-hybridized carbons (Fsp3) is 0.381. The number of carbonyl (C=O) groups is 1. The highest BCUT2D eigenvalue weighted by molar-refractivity contribution is 7.89. The molecule has 2 aromatic rings. The van der Waals surface area contributed by atoms with Crippen LogP contribution in [0.1, 0.15) is 30.4 Å². The number of fused-ring (bicyclic) bond motifs is 1. The molecule has 0 radical (unpaired) electrons. The zero-order valence-electron chi connectivity index (χ0n) is 17.0. The van der Waals surface area contributed by atoms with E-state index in [-0.39, 0.29) is 23.8 Å². The normalized spacial score (nSPS) is 13.4. The van der Waals surface area contributed by atoms with E-state index in [2.05, 4.69) is 10.0 Å². The van der Waals surface area contributed by atoms with Crippen LogP contribution < -0.4 is 19.5 Å². The summed E-state index contributed by atoms with van der Waals surface area (Å²) in [7, 11) is -0.740. The molecule has 0 unspecified atom stereocenters. The highest BCUT2D eigenvalue weighted by Gasteiger charge is 2.18. The first kappa shape index (κ1) is 22.4. The molecule has 0 fully saturated rings. The topological polar surface area (TPSA) is 93.7 Å². The molecule has 162 valence electrons. The number of hydrogen-bond acceptors (Lipinski definition) is 5. The van der Waals surface area contributed by atoms with Crippen molar-refractivity contribution in [3.05, 3.63) is 46.5 Å². The Balaban J connectivity index is 1.60. The fourth-order valence-corrected chi connectivity index (χ4v) is 4.75. The Labute approximate surface area is 181 Å². The first-order valence-corrected chi connectivity index (χ1v) is 11.5. The van der Waals surface area contributed by atoms with Gasteiger partial charge in [-0.3, -0.25) is 4.79 Å². The fourth-order valence-electron chi connectivity index (χ4n) is 3.43. The van der Waals surface area contributed by atoms with Crippen molar-refractivity contribution in [1.82, 2.24) is 4.72 Å². The summed E-state index contributed by atoms with van der Waals surface area (Å²) in [5.41, 5.74) is 2.68. The molecule has 3 rings (SSSR count). The molecule has 2 aromatic carbocycles. The van der Waals surface area contributed by atoms with E-state index in [0.717, 1.165) is 31.2 Å². The molecule has 0 heterocycles. The molecule has 9 heteroatoms. The van der Waals surface area contributed by atoms with E-state index < -0.39 is 10.0 Å². The minimum Gasteiger partial charge on any atom is -0.495 e. The van der Waals surface area contributed by atoms with Crippen molar-refractivity contribution < 1.29 is 22.7 Å². The summed E-state index contributed by atoms with van der Waals surface area (Å²) in [6, 6.07) is 8.33. The number of carbonyl (C=O) groups excluding carboxylic acids is 1. The molecule has 7 nitrogen and oxygen atoms in total. The van der Waals surface area contributed by atoms with Gasteiger partial charge in [0.1, 0.15) is 11.5 Å². The standard InChI is InChI=1S/C21H25ClN2O5S/c1-28-19-13-20(29-2)18(12-17(19)22)24-21(25)9-10-23-30(26,27)16-8-7-14-5-3-4-6-15(14)11-16/h7-8,11-13,23H,3-6,9-10H2,1-2H3,(H,24,25). The number of anilines is 1. The van der Waals surface area contributed by atoms with Gasteiger partial charge in [-0.1, -0.05) is 17.7 Å². The van der Waals surface area contributed by atoms with Gasteiger partial charge in [-0.05, 0) is 55.0 Å². The van der Waals surface area contributed by atoms with Crippen LogP contribution in [0.25, 0.3) is 0 Å². The molecule has 0 saturated carbocycles. The molecule has 0 spiro atoms. The monoisotopic (exact) mass is 452 g/mol. The predicted octanol–water partition coefficient (Wildman–Crippen LogP) is 3.54. The van der Waals surface area contributed by atoms with Crippen molar-refractivity contribution in [2.75, 3.05) is 26.1 Å². The summed E-state index contributed by atoms with van der Waals surface area (Å²) < 4.78 is 38.0. The van der Waals surface area contributed by atoms with Gasteiger partial charge in [-0.25, -0.2) is 13.1 Å². The lowest BCUT2D eigenvalue weighted by molar-refractivity contribution is -0.116. The molecule has 0 saturated heterocycles. The van der Waals surface area contributed by atoms with Gasteiger partial charge in [0.25, 0.3) is 0 Å². The number of methoxy groups -OCH3 is 2. The van der Waals surface area contributed by atoms with Crippen molar-refractivity contribution in [3.63, 3.8) is 0 Å². The second-order valence-corrected chi connectivity index (χ2v) is 9.19. The Hall–Kier alpha value is -2.29. The van der Waals surface area contributed by atoms with Gasteiger partial charge in [0.15, 0.2) is 0 Å². The third kappa shape index (κ3) is 5.24. The van der Waals surface area contributed by atoms with Crippen LogP contribution in [0.15, 0.2) is 35.2 Å². The lowest BCUT2D eigenvalue weighted by Crippen LogP contribution is -2.28. The van der Waals surface area contributed by atoms with Crippen molar-refractivity contribution in [1.29, 1.82) is 0 Å². The van der Waals surface area contributed by atoms with Crippen molar-refractivity contribution in [2.45, 2.75) is 37.0 Å². The van der Waals surface area contributed by atoms with E-state index in [4.69, 9.17) is 21.1 Å². The molecule has 0 atom stereocenters. The average Bonchev–Trinajstić information content (AvgIpc) is 2.73. The molecule has 0 aromatic heterocycles. The van der Waals surface area contributed by atoms with Crippen LogP contribution in [0.5, 0.6) is 11.5 Å². The van der Waals surface area contributed by atoms with Crippen LogP contribution in [0.4, 0.5) is 5.69 Å². The summed E-state index contributed by atoms with van der Waals surface area (Å²) in [4.78, 5) is 12.5. The van der Waals surface area contributed by atoms with Crippen LogP contribution in [0.2, 0.25) is 5.02 Å². The van der Waals surface area contributed by atoms with Crippen molar-refractivity contribution in [2.24, 2.45) is 0 Å². The molecule has 0 aliphatic heterocycles. The number of amides is 1. The highest BCUT2D eigenvalue weighted by Crippen LogP contribution is 2.35. The van der Waals surface area contributed by atoms with Crippen molar-refractivity contribution >= 4 is 33.2 Å². The maximum Gasteiger partial charge on any atom is 0.240 e. The minimum absolute atomic E-state index is 0.0303. The largest absolute Gasteiger partial charge is 0.495 e. The zero-order chi connectivity index (χ0) is 21.7. The lowest BCUT2D eigenvalue weighted by atomic mass is 9.92. The number of hydrogen-bond donors (Lipinski definition) is 2. The van der Waals surface area contributed by atoms with Gasteiger partial charge >= 0.3 is 0 Å². The number of sulfonamides is 1. The van der Waals surface area contributed by atoms with E-state index in [0.29, 0.717) is 22.2 Å². The van der Waals surface area contributed by atoms with Crippen molar-refractivity contribution in [3.8, 4) is 11.5 Å². The van der Waals surface area contributed by atoms with E-state index in [9.17, 15) is 13.2 Å². The Kier molecular flexibility index (Phi) is 7.23. The van der Waals surface area contributed by atoms with Gasteiger partial charge in [0, 0.05) is 19.0 Å². The maximum atomic E-state index is 12.6. The molecule has 1 aliphatic rings. The first-order valence-electron chi connectivity index (χ1n) is 9.67. The zero-order valence-corrected chi connectivity index (χ0v) is 18.5. The summed E-state index contributed by atoms with van der Waals surface area (Å²) in [6.45, 7) is -0.0303. The molecule has 30 heavy (non-hydrogen) atoms. The second kappa shape index (κ2) is 9.68. The molecule has 1 amide bonds. The second-order valence-electron chi connectivity index (χ2n) is 7.02. The molecule has 1 aliphatic carbocycles. The van der Waals surface area contributed by atoms with Gasteiger partial charge < -0.3 is 14.8 Å². The van der Waals surface area contributed by atoms with Crippen LogP contribution in [-0.2, 0) is 27.7 Å². The van der Waals surface area contributed by atoms with E-state index in [1.165, 1.54) is 25.8 Å². The quantitative estimate of drug-likeness (QED) is 0.638. The molecular formula is C21H25ClN2O5S. The number of nitrogens with one attached hydrogen (secondary N) is 2. The summed E-state index contributed by atoms with van der Waals surface area (Å²) in [5, 5.41) is 3.00. The number of ether oxygens (including phenoxy) is 2. The first-order chi connectivity index (χ1) is 14.3. The van der Waals surface area contributed by atoms with Gasteiger partial charge in [-0.2, -0.15) is 0 Å². The number of rotatable bonds is 8. The molecule has 0 bridgehead atoms. The van der Waals surface area contributed by atoms with E-state index in [1.54, 1.807) is 18.2 Å². The third-order valence-corrected chi connectivity index (χ3v) is 6.78. The lowest BCUT2D eigenvalue weighted by Gasteiger charge is -2.17. The Morgan fingerprint density at radius 1 is 1.03 bits per heavy atom. The Morgan fingerprint density at radius 2 is 1.73 bits per heavy atom. The Bertz CT molecular complexity index is 1040. The number of aryl methyl sites for hydroxylation is 2. The van der Waals surface area contributed by atoms with Gasteiger partial charge in [0.2, 0.25) is 15.9 Å². The SMILES string of the molecule is COc1cc(OC)c(NC(=O)CCNS(=O)(=O)c2ccc3c(c2)CCCC3)cc1Cl. The predicted molar refractivity (Wildman–Crippen MR) is 116 cm³/mol. The maximum absolute atomic E-state index is 12.6. The number of halogens is 1. The summed E-state index contributed by atoms with van der Waals surface area (Å²) >= 11 is 6.10. The third-order valence-electron chi connectivity index (χ3n) is 5.02. The van der Waals surface area contributed by atoms with Gasteiger partial charge in [0.05, 0.1) is 29.8 Å². The van der Waals surface area contributed by atoms with Crippen LogP contribution in [-0.4, -0.2) is 35.1 Å². The number of benzene rings is 2. The molecule has 2 N–H and O–H groups in total. The summed E-state index contributed by atoms with van der Waals surface area (Å²) in [5.74, 6) is 0.436. The van der Waals surface area contributed by atoms with E-state index >= 15 is 0 Å². The van der Waals surface area contributed by atoms with E-state index in [1.807, 2.05) is 6.07 Å². The van der Waals surface area contributed by atoms with Crippen LogP contribution >= 0.6 is 11.6 Å². The highest BCUT2D eigenvalue weighted by atomic mass is 35.5. The summed E-state index contributed by atoms with van der Waals surface area (Å²) in [6.07, 6.45) is 4.05. The average molecular weight is 453 g/mol. The van der Waals surface area contributed by atoms with Crippen LogP contribution in [0, 0.1) is 0 Å². The minimum atomic E-state index is -3.68. The smallest absolute Gasteiger partial charge is 0.240 e. The van der Waals surface area contributed by atoms with Gasteiger partial charge in [-0.15, -0.1) is 0 Å². The molecular weight excluding hydrogens is 428 g/mol.